The first-order chi connectivity index (χ1) is 12.4. The number of carbonyl (C=O) groups excluding carboxylic acids is 1. The van der Waals surface area contributed by atoms with Crippen LogP contribution in [-0.2, 0) is 11.3 Å². The van der Waals surface area contributed by atoms with Crippen LogP contribution in [0, 0.1) is 20.8 Å². The van der Waals surface area contributed by atoms with Crippen LogP contribution in [0.2, 0.25) is 0 Å². The van der Waals surface area contributed by atoms with Gasteiger partial charge in [0.1, 0.15) is 5.75 Å². The van der Waals surface area contributed by atoms with Crippen LogP contribution in [0.5, 0.6) is 5.75 Å². The molecule has 1 aliphatic heterocycles. The first-order valence-electron chi connectivity index (χ1n) is 9.08. The van der Waals surface area contributed by atoms with Crippen LogP contribution < -0.4 is 10.5 Å². The quantitative estimate of drug-likeness (QED) is 0.891. The molecule has 0 spiro atoms. The average molecular weight is 356 g/mol. The summed E-state index contributed by atoms with van der Waals surface area (Å²) in [5.41, 5.74) is 10.8. The number of nitrogens with zero attached hydrogens (tertiary/aromatic N) is 3. The van der Waals surface area contributed by atoms with Crippen molar-refractivity contribution in [3.63, 3.8) is 0 Å². The molecular weight excluding hydrogens is 328 g/mol. The summed E-state index contributed by atoms with van der Waals surface area (Å²) in [5, 5.41) is 4.51. The summed E-state index contributed by atoms with van der Waals surface area (Å²) in [6.07, 6.45) is 0.443. The van der Waals surface area contributed by atoms with Gasteiger partial charge in [0.05, 0.1) is 12.8 Å². The largest absolute Gasteiger partial charge is 0.497 e. The van der Waals surface area contributed by atoms with Gasteiger partial charge in [-0.05, 0) is 44.0 Å². The van der Waals surface area contributed by atoms with Crippen LogP contribution in [0.1, 0.15) is 34.9 Å². The molecule has 1 saturated heterocycles. The van der Waals surface area contributed by atoms with Crippen molar-refractivity contribution < 1.29 is 9.53 Å². The third-order valence-corrected chi connectivity index (χ3v) is 5.52. The lowest BCUT2D eigenvalue weighted by molar-refractivity contribution is -0.130. The Morgan fingerprint density at radius 3 is 2.73 bits per heavy atom. The van der Waals surface area contributed by atoms with E-state index in [2.05, 4.69) is 18.1 Å². The molecule has 6 nitrogen and oxygen atoms in total. The van der Waals surface area contributed by atoms with Gasteiger partial charge in [-0.1, -0.05) is 12.1 Å². The molecule has 2 atom stereocenters. The van der Waals surface area contributed by atoms with Crippen molar-refractivity contribution in [2.75, 3.05) is 20.2 Å². The van der Waals surface area contributed by atoms with E-state index in [1.165, 1.54) is 5.56 Å². The molecule has 1 amide bonds. The topological polar surface area (TPSA) is 73.4 Å². The molecule has 26 heavy (non-hydrogen) atoms. The first kappa shape index (κ1) is 18.5. The molecule has 0 aliphatic carbocycles. The van der Waals surface area contributed by atoms with Crippen molar-refractivity contribution >= 4 is 5.91 Å². The Hall–Kier alpha value is -2.34. The van der Waals surface area contributed by atoms with Gasteiger partial charge in [0.15, 0.2) is 0 Å². The molecule has 3 rings (SSSR count). The fraction of sp³-hybridized carbons (Fsp3) is 0.500. The smallest absolute Gasteiger partial charge is 0.224 e. The van der Waals surface area contributed by atoms with Crippen molar-refractivity contribution in [1.82, 2.24) is 14.7 Å². The number of aromatic nitrogens is 2. The van der Waals surface area contributed by atoms with E-state index < -0.39 is 0 Å². The fourth-order valence-electron chi connectivity index (χ4n) is 3.62. The van der Waals surface area contributed by atoms with Crippen molar-refractivity contribution in [2.24, 2.45) is 5.73 Å². The normalized spacial score (nSPS) is 19.8. The summed E-state index contributed by atoms with van der Waals surface area (Å²) < 4.78 is 7.23. The summed E-state index contributed by atoms with van der Waals surface area (Å²) in [6, 6.07) is 7.90. The summed E-state index contributed by atoms with van der Waals surface area (Å²) in [4.78, 5) is 14.6. The maximum Gasteiger partial charge on any atom is 0.224 e. The Bertz CT molecular complexity index is 799. The van der Waals surface area contributed by atoms with Gasteiger partial charge < -0.3 is 15.4 Å². The van der Waals surface area contributed by atoms with Gasteiger partial charge in [0, 0.05) is 43.7 Å². The Balaban J connectivity index is 1.63. The summed E-state index contributed by atoms with van der Waals surface area (Å²) in [7, 11) is 1.66. The highest BCUT2D eigenvalue weighted by atomic mass is 16.5. The van der Waals surface area contributed by atoms with Crippen LogP contribution in [0.3, 0.4) is 0 Å². The number of benzene rings is 1. The number of likely N-dealkylation sites (tertiary alicyclic amines) is 1. The van der Waals surface area contributed by atoms with E-state index in [0.29, 0.717) is 26.1 Å². The minimum atomic E-state index is -0.0537. The number of amides is 1. The molecule has 1 aromatic carbocycles. The summed E-state index contributed by atoms with van der Waals surface area (Å²) >= 11 is 0. The van der Waals surface area contributed by atoms with Crippen molar-refractivity contribution in [3.8, 4) is 5.75 Å². The van der Waals surface area contributed by atoms with Crippen LogP contribution in [0.15, 0.2) is 24.3 Å². The van der Waals surface area contributed by atoms with Gasteiger partial charge in [-0.3, -0.25) is 9.48 Å². The third-order valence-electron chi connectivity index (χ3n) is 5.52. The lowest BCUT2D eigenvalue weighted by Gasteiger charge is -2.17. The SMILES string of the molecule is COc1cccc([C@@H]2CN(C(=O)CCn3nc(C)c(C)c3C)C[C@H]2N)c1. The Labute approximate surface area is 154 Å². The number of rotatable bonds is 5. The maximum absolute atomic E-state index is 12.7. The van der Waals surface area contributed by atoms with Gasteiger partial charge in [-0.25, -0.2) is 0 Å². The number of methoxy groups -OCH3 is 1. The Kier molecular flexibility index (Phi) is 5.32. The minimum absolute atomic E-state index is 0.0537. The zero-order chi connectivity index (χ0) is 18.8. The third kappa shape index (κ3) is 3.60. The zero-order valence-electron chi connectivity index (χ0n) is 16.0. The van der Waals surface area contributed by atoms with Crippen molar-refractivity contribution in [3.05, 3.63) is 46.8 Å². The number of aryl methyl sites for hydroxylation is 2. The Morgan fingerprint density at radius 2 is 2.08 bits per heavy atom. The van der Waals surface area contributed by atoms with E-state index in [1.807, 2.05) is 41.6 Å². The van der Waals surface area contributed by atoms with Crippen LogP contribution in [-0.4, -0.2) is 46.8 Å². The lowest BCUT2D eigenvalue weighted by atomic mass is 9.95. The van der Waals surface area contributed by atoms with Gasteiger partial charge >= 0.3 is 0 Å². The molecule has 2 heterocycles. The molecule has 0 bridgehead atoms. The monoisotopic (exact) mass is 356 g/mol. The highest BCUT2D eigenvalue weighted by Gasteiger charge is 2.33. The molecular formula is C20H28N4O2. The van der Waals surface area contributed by atoms with E-state index in [4.69, 9.17) is 10.5 Å². The van der Waals surface area contributed by atoms with Gasteiger partial charge in [0.2, 0.25) is 5.91 Å². The molecule has 140 valence electrons. The predicted octanol–water partition coefficient (Wildman–Crippen LogP) is 2.16. The van der Waals surface area contributed by atoms with E-state index >= 15 is 0 Å². The number of carbonyl (C=O) groups is 1. The molecule has 1 fully saturated rings. The second kappa shape index (κ2) is 7.50. The summed E-state index contributed by atoms with van der Waals surface area (Å²) in [5.74, 6) is 1.10. The van der Waals surface area contributed by atoms with Gasteiger partial charge in [-0.15, -0.1) is 0 Å². The number of nitrogens with two attached hydrogens (primary N) is 1. The van der Waals surface area contributed by atoms with E-state index in [1.54, 1.807) is 7.11 Å². The van der Waals surface area contributed by atoms with Crippen LogP contribution >= 0.6 is 0 Å². The van der Waals surface area contributed by atoms with E-state index in [9.17, 15) is 4.79 Å². The zero-order valence-corrected chi connectivity index (χ0v) is 16.0. The average Bonchev–Trinajstić information content (AvgIpc) is 3.15. The van der Waals surface area contributed by atoms with Gasteiger partial charge in [-0.2, -0.15) is 5.10 Å². The van der Waals surface area contributed by atoms with Crippen molar-refractivity contribution in [1.29, 1.82) is 0 Å². The van der Waals surface area contributed by atoms with E-state index in [-0.39, 0.29) is 17.9 Å². The summed E-state index contributed by atoms with van der Waals surface area (Å²) in [6.45, 7) is 7.96. The standard InChI is InChI=1S/C20H28N4O2/c1-13-14(2)22-24(15(13)3)9-8-20(25)23-11-18(19(21)12-23)16-6-5-7-17(10-16)26-4/h5-7,10,18-19H,8-9,11-12,21H2,1-4H3/t18-,19+/m0/s1. The first-order valence-corrected chi connectivity index (χ1v) is 9.08. The number of ether oxygens (including phenoxy) is 1. The second-order valence-electron chi connectivity index (χ2n) is 7.11. The molecule has 0 saturated carbocycles. The molecule has 1 aliphatic rings. The molecule has 0 radical (unpaired) electrons. The van der Waals surface area contributed by atoms with Gasteiger partial charge in [0.25, 0.3) is 0 Å². The van der Waals surface area contributed by atoms with E-state index in [0.717, 1.165) is 22.7 Å². The highest BCUT2D eigenvalue weighted by Crippen LogP contribution is 2.29. The Morgan fingerprint density at radius 1 is 1.31 bits per heavy atom. The fourth-order valence-corrected chi connectivity index (χ4v) is 3.62. The molecule has 2 N–H and O–H groups in total. The van der Waals surface area contributed by atoms with Crippen LogP contribution in [0.25, 0.3) is 0 Å². The molecule has 2 aromatic rings. The maximum atomic E-state index is 12.7. The predicted molar refractivity (Wildman–Crippen MR) is 101 cm³/mol. The lowest BCUT2D eigenvalue weighted by Crippen LogP contribution is -2.32. The van der Waals surface area contributed by atoms with Crippen molar-refractivity contribution in [2.45, 2.75) is 45.7 Å². The molecule has 0 unspecified atom stereocenters. The number of hydrogen-bond donors (Lipinski definition) is 1. The molecule has 1 aromatic heterocycles. The van der Waals surface area contributed by atoms with Crippen LogP contribution in [0.4, 0.5) is 0 Å². The second-order valence-corrected chi connectivity index (χ2v) is 7.11. The number of hydrogen-bond acceptors (Lipinski definition) is 4. The minimum Gasteiger partial charge on any atom is -0.497 e. The molecule has 6 heteroatoms. The highest BCUT2D eigenvalue weighted by molar-refractivity contribution is 5.76.